The molecule has 0 saturated carbocycles. The minimum absolute atomic E-state index is 0.0174. The summed E-state index contributed by atoms with van der Waals surface area (Å²) < 4.78 is 142. The van der Waals surface area contributed by atoms with Gasteiger partial charge in [0.25, 0.3) is 0 Å². The average Bonchev–Trinajstić information content (AvgIpc) is 3.02. The van der Waals surface area contributed by atoms with Crippen molar-refractivity contribution in [3.63, 3.8) is 0 Å². The maximum atomic E-state index is 15.1. The highest BCUT2D eigenvalue weighted by Gasteiger charge is 2.79. The molecule has 0 heterocycles. The van der Waals surface area contributed by atoms with E-state index in [1.54, 1.807) is 6.92 Å². The Kier molecular flexibility index (Phi) is 18.6. The topological polar surface area (TPSA) is 118 Å². The van der Waals surface area contributed by atoms with Crippen LogP contribution in [-0.4, -0.2) is 101 Å². The lowest BCUT2D eigenvalue weighted by atomic mass is 9.82. The van der Waals surface area contributed by atoms with Crippen LogP contribution in [0.1, 0.15) is 58.3 Å². The van der Waals surface area contributed by atoms with Crippen molar-refractivity contribution < 1.29 is 78.3 Å². The van der Waals surface area contributed by atoms with Crippen LogP contribution in [0.5, 0.6) is 0 Å². The van der Waals surface area contributed by atoms with Gasteiger partial charge in [0.15, 0.2) is 0 Å². The van der Waals surface area contributed by atoms with E-state index in [1.807, 2.05) is 0 Å². The number of esters is 3. The Hall–Kier alpha value is -3.05. The van der Waals surface area contributed by atoms with Gasteiger partial charge < -0.3 is 28.8 Å². The Morgan fingerprint density at radius 3 is 1.33 bits per heavy atom. The molecule has 0 amide bonds. The standard InChI is InChI=1S/C31H44F8O9/c1-7-8-9-10-11-12-28(32,33)30(36,37)31(38,39)29(34,35)14-13-27(18-46-24(41)21(2)15-40,19-47-25(42)22(3)16-44-5)20-48-26(43)23(4)17-45-6/h40H,2-4,7-20H2,1,5-6H3. The second-order valence-corrected chi connectivity index (χ2v) is 11.3. The summed E-state index contributed by atoms with van der Waals surface area (Å²) in [4.78, 5) is 37.0. The molecule has 9 nitrogen and oxygen atoms in total. The number of unbranched alkanes of at least 4 members (excludes halogenated alkanes) is 4. The molecular formula is C31H44F8O9. The van der Waals surface area contributed by atoms with Crippen LogP contribution >= 0.6 is 0 Å². The molecule has 0 unspecified atom stereocenters. The Balaban J connectivity index is 6.58. The van der Waals surface area contributed by atoms with Gasteiger partial charge in [-0.05, 0) is 12.8 Å². The maximum absolute atomic E-state index is 15.1. The summed E-state index contributed by atoms with van der Waals surface area (Å²) in [6.07, 6.45) is -4.59. The van der Waals surface area contributed by atoms with E-state index in [1.165, 1.54) is 14.2 Å². The fourth-order valence-electron chi connectivity index (χ4n) is 3.98. The third-order valence-corrected chi connectivity index (χ3v) is 7.10. The van der Waals surface area contributed by atoms with Crippen LogP contribution < -0.4 is 0 Å². The summed E-state index contributed by atoms with van der Waals surface area (Å²) in [6, 6.07) is 0. The van der Waals surface area contributed by atoms with E-state index in [-0.39, 0.29) is 17.6 Å². The van der Waals surface area contributed by atoms with Crippen LogP contribution in [0, 0.1) is 5.41 Å². The van der Waals surface area contributed by atoms with Gasteiger partial charge in [-0.1, -0.05) is 52.3 Å². The first-order valence-electron chi connectivity index (χ1n) is 14.8. The van der Waals surface area contributed by atoms with Gasteiger partial charge in [-0.25, -0.2) is 14.4 Å². The van der Waals surface area contributed by atoms with Crippen LogP contribution in [0.2, 0.25) is 0 Å². The van der Waals surface area contributed by atoms with Crippen molar-refractivity contribution in [3.8, 4) is 0 Å². The first kappa shape index (κ1) is 45.0. The van der Waals surface area contributed by atoms with Gasteiger partial charge in [0.2, 0.25) is 0 Å². The van der Waals surface area contributed by atoms with Crippen molar-refractivity contribution in [2.24, 2.45) is 5.41 Å². The number of carbonyl (C=O) groups excluding carboxylic acids is 3. The second-order valence-electron chi connectivity index (χ2n) is 11.3. The van der Waals surface area contributed by atoms with Crippen molar-refractivity contribution in [2.45, 2.75) is 82.0 Å². The Morgan fingerprint density at radius 1 is 0.583 bits per heavy atom. The molecule has 0 aliphatic carbocycles. The van der Waals surface area contributed by atoms with E-state index in [2.05, 4.69) is 19.7 Å². The lowest BCUT2D eigenvalue weighted by Gasteiger charge is -2.39. The fourth-order valence-corrected chi connectivity index (χ4v) is 3.98. The van der Waals surface area contributed by atoms with E-state index >= 15 is 8.78 Å². The molecule has 0 bridgehead atoms. The van der Waals surface area contributed by atoms with E-state index < -0.39 is 118 Å². The second kappa shape index (κ2) is 19.8. The molecule has 0 aromatic rings. The lowest BCUT2D eigenvalue weighted by molar-refractivity contribution is -0.368. The molecule has 0 radical (unpaired) electrons. The molecule has 17 heteroatoms. The summed E-state index contributed by atoms with van der Waals surface area (Å²) in [5, 5.41) is 9.15. The molecule has 0 atom stereocenters. The zero-order chi connectivity index (χ0) is 37.4. The number of halogens is 8. The molecule has 1 N–H and O–H groups in total. The van der Waals surface area contributed by atoms with Crippen molar-refractivity contribution in [1.29, 1.82) is 0 Å². The molecule has 0 fully saturated rings. The molecule has 278 valence electrons. The molecule has 0 aromatic heterocycles. The number of aliphatic hydroxyl groups excluding tert-OH is 1. The predicted octanol–water partition coefficient (Wildman–Crippen LogP) is 6.24. The number of ether oxygens (including phenoxy) is 5. The highest BCUT2D eigenvalue weighted by molar-refractivity contribution is 5.89. The number of rotatable bonds is 26. The average molecular weight is 713 g/mol. The van der Waals surface area contributed by atoms with Gasteiger partial charge in [0.05, 0.1) is 42.0 Å². The van der Waals surface area contributed by atoms with E-state index in [9.17, 15) is 40.7 Å². The molecular weight excluding hydrogens is 668 g/mol. The lowest BCUT2D eigenvalue weighted by Crippen LogP contribution is -2.62. The van der Waals surface area contributed by atoms with Crippen molar-refractivity contribution in [2.75, 3.05) is 53.9 Å². The summed E-state index contributed by atoms with van der Waals surface area (Å²) in [7, 11) is 2.35. The van der Waals surface area contributed by atoms with Gasteiger partial charge in [0, 0.05) is 27.1 Å². The zero-order valence-electron chi connectivity index (χ0n) is 27.3. The molecule has 0 saturated heterocycles. The van der Waals surface area contributed by atoms with Gasteiger partial charge >= 0.3 is 41.6 Å². The van der Waals surface area contributed by atoms with Gasteiger partial charge in [0.1, 0.15) is 19.8 Å². The van der Waals surface area contributed by atoms with Gasteiger partial charge in [-0.15, -0.1) is 0 Å². The van der Waals surface area contributed by atoms with Gasteiger partial charge in [-0.2, -0.15) is 35.1 Å². The number of alkyl halides is 8. The van der Waals surface area contributed by atoms with Crippen molar-refractivity contribution >= 4 is 17.9 Å². The fraction of sp³-hybridized carbons (Fsp3) is 0.710. The minimum atomic E-state index is -6.62. The highest BCUT2D eigenvalue weighted by Crippen LogP contribution is 2.55. The number of carbonyl (C=O) groups is 3. The van der Waals surface area contributed by atoms with Crippen LogP contribution in [0.3, 0.4) is 0 Å². The molecule has 0 aliphatic heterocycles. The smallest absolute Gasteiger partial charge is 0.378 e. The first-order valence-corrected chi connectivity index (χ1v) is 14.8. The number of aliphatic hydroxyl groups is 1. The zero-order valence-corrected chi connectivity index (χ0v) is 27.3. The largest absolute Gasteiger partial charge is 0.461 e. The van der Waals surface area contributed by atoms with E-state index in [4.69, 9.17) is 28.8 Å². The Labute approximate surface area is 274 Å². The minimum Gasteiger partial charge on any atom is -0.461 e. The Bertz CT molecular complexity index is 1080. The third-order valence-electron chi connectivity index (χ3n) is 7.10. The summed E-state index contributed by atoms with van der Waals surface area (Å²) in [6.45, 7) is 6.49. The highest BCUT2D eigenvalue weighted by atomic mass is 19.4. The molecule has 0 aromatic carbocycles. The molecule has 0 spiro atoms. The first-order chi connectivity index (χ1) is 22.1. The van der Waals surface area contributed by atoms with Crippen LogP contribution in [-0.2, 0) is 38.1 Å². The third kappa shape index (κ3) is 12.8. The van der Waals surface area contributed by atoms with E-state index in [0.717, 1.165) is 0 Å². The molecule has 0 aliphatic rings. The normalized spacial score (nSPS) is 12.8. The monoisotopic (exact) mass is 712 g/mol. The van der Waals surface area contributed by atoms with Gasteiger partial charge in [-0.3, -0.25) is 0 Å². The number of hydrogen-bond acceptors (Lipinski definition) is 9. The van der Waals surface area contributed by atoms with Crippen LogP contribution in [0.15, 0.2) is 36.5 Å². The maximum Gasteiger partial charge on any atom is 0.378 e. The number of methoxy groups -OCH3 is 2. The predicted molar refractivity (Wildman–Crippen MR) is 156 cm³/mol. The van der Waals surface area contributed by atoms with E-state index in [0.29, 0.717) is 19.3 Å². The Morgan fingerprint density at radius 2 is 0.958 bits per heavy atom. The molecule has 48 heavy (non-hydrogen) atoms. The van der Waals surface area contributed by atoms with Crippen molar-refractivity contribution in [1.82, 2.24) is 0 Å². The summed E-state index contributed by atoms with van der Waals surface area (Å²) in [5.74, 6) is -28.3. The number of hydrogen-bond donors (Lipinski definition) is 1. The molecule has 0 rings (SSSR count). The SMILES string of the molecule is C=C(CO)C(=O)OCC(CCC(F)(F)C(F)(F)C(F)(F)C(F)(F)CCCCCCC)(COC(=O)C(=C)COC)COC(=O)C(=C)COC. The summed E-state index contributed by atoms with van der Waals surface area (Å²) >= 11 is 0. The summed E-state index contributed by atoms with van der Waals surface area (Å²) in [5.41, 5.74) is -3.64. The van der Waals surface area contributed by atoms with Crippen LogP contribution in [0.25, 0.3) is 0 Å². The quantitative estimate of drug-likeness (QED) is 0.0366. The van der Waals surface area contributed by atoms with Crippen molar-refractivity contribution in [3.05, 3.63) is 36.5 Å². The van der Waals surface area contributed by atoms with Crippen LogP contribution in [0.4, 0.5) is 35.1 Å².